The van der Waals surface area contributed by atoms with E-state index in [-0.39, 0.29) is 0 Å². The number of carbonyl (C=O) groups is 2. The van der Waals surface area contributed by atoms with Crippen LogP contribution in [0.3, 0.4) is 0 Å². The van der Waals surface area contributed by atoms with Crippen molar-refractivity contribution < 1.29 is 9.59 Å². The lowest BCUT2D eigenvalue weighted by molar-refractivity contribution is -0.142. The fourth-order valence-corrected chi connectivity index (χ4v) is 1.72. The lowest BCUT2D eigenvalue weighted by atomic mass is 10.2. The Bertz CT molecular complexity index is 585. The van der Waals surface area contributed by atoms with Gasteiger partial charge in [0.1, 0.15) is 0 Å². The van der Waals surface area contributed by atoms with Crippen LogP contribution in [0, 0.1) is 0 Å². The van der Waals surface area contributed by atoms with Crippen LogP contribution < -0.4 is 5.32 Å². The third kappa shape index (κ3) is 3.65. The van der Waals surface area contributed by atoms with Crippen LogP contribution in [-0.2, 0) is 16.1 Å². The Labute approximate surface area is 117 Å². The number of amides is 2. The molecule has 5 nitrogen and oxygen atoms in total. The lowest BCUT2D eigenvalue weighted by Gasteiger charge is -2.16. The Balaban J connectivity index is 1.95. The molecule has 0 aliphatic carbocycles. The Hall–Kier alpha value is -2.69. The first kappa shape index (κ1) is 13.7. The zero-order chi connectivity index (χ0) is 14.4. The molecule has 0 aliphatic heterocycles. The van der Waals surface area contributed by atoms with E-state index in [0.717, 1.165) is 5.56 Å². The highest BCUT2D eigenvalue weighted by molar-refractivity contribution is 6.39. The predicted molar refractivity (Wildman–Crippen MR) is 75.8 cm³/mol. The van der Waals surface area contributed by atoms with Crippen LogP contribution in [0.5, 0.6) is 0 Å². The van der Waals surface area contributed by atoms with Gasteiger partial charge in [0.05, 0.1) is 11.9 Å². The second-order valence-electron chi connectivity index (χ2n) is 4.34. The quantitative estimate of drug-likeness (QED) is 0.862. The molecule has 0 saturated carbocycles. The number of nitrogens with zero attached hydrogens (tertiary/aromatic N) is 2. The van der Waals surface area contributed by atoms with Crippen LogP contribution >= 0.6 is 0 Å². The third-order valence-electron chi connectivity index (χ3n) is 2.72. The van der Waals surface area contributed by atoms with Gasteiger partial charge in [-0.15, -0.1) is 0 Å². The Morgan fingerprint density at radius 2 is 1.90 bits per heavy atom. The molecule has 0 radical (unpaired) electrons. The third-order valence-corrected chi connectivity index (χ3v) is 2.72. The topological polar surface area (TPSA) is 62.3 Å². The van der Waals surface area contributed by atoms with Crippen LogP contribution in [0.4, 0.5) is 5.69 Å². The molecule has 0 fully saturated rings. The maximum Gasteiger partial charge on any atom is 0.313 e. The fourth-order valence-electron chi connectivity index (χ4n) is 1.72. The number of carbonyl (C=O) groups excluding carboxylic acids is 2. The molecular formula is C15H15N3O2. The standard InChI is InChI=1S/C15H15N3O2/c1-18(11-12-6-3-2-4-7-12)15(20)14(19)17-13-8-5-9-16-10-13/h2-10H,11H2,1H3,(H,17,19). The van der Waals surface area contributed by atoms with Gasteiger partial charge in [0.2, 0.25) is 0 Å². The summed E-state index contributed by atoms with van der Waals surface area (Å²) in [4.78, 5) is 29.0. The summed E-state index contributed by atoms with van der Waals surface area (Å²) in [6, 6.07) is 12.9. The molecule has 2 rings (SSSR count). The predicted octanol–water partition coefficient (Wildman–Crippen LogP) is 1.68. The minimum absolute atomic E-state index is 0.389. The summed E-state index contributed by atoms with van der Waals surface area (Å²) in [6.07, 6.45) is 3.08. The van der Waals surface area contributed by atoms with Gasteiger partial charge in [0.25, 0.3) is 0 Å². The zero-order valence-corrected chi connectivity index (χ0v) is 11.1. The molecule has 102 valence electrons. The number of nitrogens with one attached hydrogen (secondary N) is 1. The van der Waals surface area contributed by atoms with E-state index in [4.69, 9.17) is 0 Å². The van der Waals surface area contributed by atoms with Crippen molar-refractivity contribution in [1.82, 2.24) is 9.88 Å². The van der Waals surface area contributed by atoms with Crippen molar-refractivity contribution in [3.63, 3.8) is 0 Å². The smallest absolute Gasteiger partial charge is 0.313 e. The number of benzene rings is 1. The first-order valence-electron chi connectivity index (χ1n) is 6.17. The van der Waals surface area contributed by atoms with Crippen molar-refractivity contribution in [3.05, 3.63) is 60.4 Å². The molecule has 1 aromatic heterocycles. The second-order valence-corrected chi connectivity index (χ2v) is 4.34. The summed E-state index contributed by atoms with van der Waals surface area (Å²) in [5.41, 5.74) is 1.47. The molecule has 0 aliphatic rings. The molecule has 0 spiro atoms. The second kappa shape index (κ2) is 6.47. The Morgan fingerprint density at radius 1 is 1.15 bits per heavy atom. The maximum atomic E-state index is 11.9. The van der Waals surface area contributed by atoms with E-state index < -0.39 is 11.8 Å². The van der Waals surface area contributed by atoms with Crippen LogP contribution in [0.15, 0.2) is 54.9 Å². The van der Waals surface area contributed by atoms with Crippen LogP contribution in [0.1, 0.15) is 5.56 Å². The zero-order valence-electron chi connectivity index (χ0n) is 11.1. The molecule has 5 heteroatoms. The molecule has 1 aromatic carbocycles. The highest BCUT2D eigenvalue weighted by Crippen LogP contribution is 2.05. The summed E-state index contributed by atoms with van der Waals surface area (Å²) in [5, 5.41) is 2.52. The van der Waals surface area contributed by atoms with E-state index in [9.17, 15) is 9.59 Å². The molecule has 2 amide bonds. The van der Waals surface area contributed by atoms with Crippen LogP contribution in [0.25, 0.3) is 0 Å². The number of pyridine rings is 1. The van der Waals surface area contributed by atoms with Crippen molar-refractivity contribution >= 4 is 17.5 Å². The Morgan fingerprint density at radius 3 is 2.55 bits per heavy atom. The monoisotopic (exact) mass is 269 g/mol. The molecule has 0 unspecified atom stereocenters. The van der Waals surface area contributed by atoms with E-state index in [2.05, 4.69) is 10.3 Å². The van der Waals surface area contributed by atoms with Crippen LogP contribution in [0.2, 0.25) is 0 Å². The summed E-state index contributed by atoms with van der Waals surface area (Å²) >= 11 is 0. The number of rotatable bonds is 3. The summed E-state index contributed by atoms with van der Waals surface area (Å²) in [5.74, 6) is -1.26. The van der Waals surface area contributed by atoms with E-state index in [1.165, 1.54) is 11.1 Å². The number of likely N-dealkylation sites (N-methyl/N-ethyl adjacent to an activating group) is 1. The first-order valence-corrected chi connectivity index (χ1v) is 6.17. The van der Waals surface area contributed by atoms with Crippen molar-refractivity contribution in [2.75, 3.05) is 12.4 Å². The lowest BCUT2D eigenvalue weighted by Crippen LogP contribution is -2.36. The molecule has 2 aromatic rings. The van der Waals surface area contributed by atoms with E-state index in [0.29, 0.717) is 12.2 Å². The van der Waals surface area contributed by atoms with Crippen molar-refractivity contribution in [2.24, 2.45) is 0 Å². The maximum absolute atomic E-state index is 11.9. The number of aromatic nitrogens is 1. The SMILES string of the molecule is CN(Cc1ccccc1)C(=O)C(=O)Nc1cccnc1. The molecule has 0 bridgehead atoms. The van der Waals surface area contributed by atoms with Gasteiger partial charge in [0.15, 0.2) is 0 Å². The Kier molecular flexibility index (Phi) is 4.44. The fraction of sp³-hybridized carbons (Fsp3) is 0.133. The highest BCUT2D eigenvalue weighted by Gasteiger charge is 2.18. The van der Waals surface area contributed by atoms with Gasteiger partial charge in [-0.05, 0) is 17.7 Å². The van der Waals surface area contributed by atoms with Crippen LogP contribution in [-0.4, -0.2) is 28.7 Å². The number of hydrogen-bond acceptors (Lipinski definition) is 3. The largest absolute Gasteiger partial charge is 0.333 e. The molecule has 0 saturated heterocycles. The first-order chi connectivity index (χ1) is 9.66. The number of hydrogen-bond donors (Lipinski definition) is 1. The van der Waals surface area contributed by atoms with Gasteiger partial charge in [-0.2, -0.15) is 0 Å². The average Bonchev–Trinajstić information content (AvgIpc) is 2.48. The van der Waals surface area contributed by atoms with Gasteiger partial charge >= 0.3 is 11.8 Å². The van der Waals surface area contributed by atoms with Gasteiger partial charge in [-0.25, -0.2) is 0 Å². The summed E-state index contributed by atoms with van der Waals surface area (Å²) in [7, 11) is 1.60. The van der Waals surface area contributed by atoms with Gasteiger partial charge < -0.3 is 10.2 Å². The van der Waals surface area contributed by atoms with Crippen molar-refractivity contribution in [1.29, 1.82) is 0 Å². The van der Waals surface area contributed by atoms with Crippen molar-refractivity contribution in [2.45, 2.75) is 6.54 Å². The van der Waals surface area contributed by atoms with E-state index in [1.807, 2.05) is 30.3 Å². The molecule has 1 N–H and O–H groups in total. The highest BCUT2D eigenvalue weighted by atomic mass is 16.2. The summed E-state index contributed by atoms with van der Waals surface area (Å²) in [6.45, 7) is 0.389. The summed E-state index contributed by atoms with van der Waals surface area (Å²) < 4.78 is 0. The van der Waals surface area contributed by atoms with Gasteiger partial charge in [-0.1, -0.05) is 30.3 Å². The minimum Gasteiger partial charge on any atom is -0.333 e. The molecule has 0 atom stereocenters. The molecular weight excluding hydrogens is 254 g/mol. The number of anilines is 1. The van der Waals surface area contributed by atoms with Crippen molar-refractivity contribution in [3.8, 4) is 0 Å². The van der Waals surface area contributed by atoms with E-state index >= 15 is 0 Å². The minimum atomic E-state index is -0.670. The van der Waals surface area contributed by atoms with E-state index in [1.54, 1.807) is 25.4 Å². The molecule has 20 heavy (non-hydrogen) atoms. The molecule has 1 heterocycles. The average molecular weight is 269 g/mol. The van der Waals surface area contributed by atoms with Gasteiger partial charge in [-0.3, -0.25) is 14.6 Å². The normalized spacial score (nSPS) is 9.85. The van der Waals surface area contributed by atoms with Gasteiger partial charge in [0, 0.05) is 19.8 Å².